The molecule has 0 aliphatic rings. The lowest BCUT2D eigenvalue weighted by Crippen LogP contribution is -1.99. The zero-order chi connectivity index (χ0) is 19.0. The quantitative estimate of drug-likeness (QED) is 0.560. The number of halogens is 2. The van der Waals surface area contributed by atoms with Gasteiger partial charge in [0.15, 0.2) is 5.82 Å². The van der Waals surface area contributed by atoms with Crippen LogP contribution in [0.4, 0.5) is 21.8 Å². The molecular weight excluding hydrogens is 371 g/mol. The Balaban J connectivity index is 1.88. The van der Waals surface area contributed by atoms with E-state index in [4.69, 9.17) is 17.3 Å². The Hall–Kier alpha value is -3.77. The molecule has 10 heteroatoms. The normalized spacial score (nSPS) is 10.7. The monoisotopic (exact) mass is 380 g/mol. The molecule has 0 spiro atoms. The number of anilines is 3. The Morgan fingerprint density at radius 3 is 2.89 bits per heavy atom. The molecule has 132 valence electrons. The van der Waals surface area contributed by atoms with E-state index in [0.29, 0.717) is 33.3 Å². The van der Waals surface area contributed by atoms with Crippen molar-refractivity contribution in [2.75, 3.05) is 11.1 Å². The minimum atomic E-state index is -0.609. The van der Waals surface area contributed by atoms with Crippen LogP contribution in [0.5, 0.6) is 0 Å². The summed E-state index contributed by atoms with van der Waals surface area (Å²) in [6.45, 7) is 0. The van der Waals surface area contributed by atoms with Gasteiger partial charge in [-0.1, -0.05) is 17.7 Å². The minimum Gasteiger partial charge on any atom is -0.384 e. The van der Waals surface area contributed by atoms with E-state index in [1.807, 2.05) is 0 Å². The van der Waals surface area contributed by atoms with Crippen molar-refractivity contribution in [3.8, 4) is 11.8 Å². The van der Waals surface area contributed by atoms with Crippen LogP contribution in [0.25, 0.3) is 16.6 Å². The number of nitrogens with two attached hydrogens (primary N) is 1. The highest BCUT2D eigenvalue weighted by atomic mass is 35.5. The third-order valence-electron chi connectivity index (χ3n) is 3.77. The summed E-state index contributed by atoms with van der Waals surface area (Å²) in [5.74, 6) is 0.380. The molecule has 8 nitrogen and oxygen atoms in total. The van der Waals surface area contributed by atoms with Crippen LogP contribution in [0.1, 0.15) is 5.56 Å². The Bertz CT molecular complexity index is 1210. The molecule has 0 radical (unpaired) electrons. The van der Waals surface area contributed by atoms with Gasteiger partial charge < -0.3 is 11.1 Å². The van der Waals surface area contributed by atoms with E-state index in [9.17, 15) is 9.65 Å². The van der Waals surface area contributed by atoms with E-state index in [1.54, 1.807) is 24.4 Å². The maximum Gasteiger partial charge on any atom is 0.169 e. The first kappa shape index (κ1) is 16.7. The molecule has 0 amide bonds. The van der Waals surface area contributed by atoms with Gasteiger partial charge in [0, 0.05) is 12.3 Å². The molecule has 4 aromatic rings. The van der Waals surface area contributed by atoms with Gasteiger partial charge in [-0.15, -0.1) is 0 Å². The first-order valence-corrected chi connectivity index (χ1v) is 8.02. The average Bonchev–Trinajstić information content (AvgIpc) is 3.10. The van der Waals surface area contributed by atoms with Gasteiger partial charge in [-0.25, -0.2) is 24.0 Å². The van der Waals surface area contributed by atoms with Crippen molar-refractivity contribution in [2.24, 2.45) is 0 Å². The van der Waals surface area contributed by atoms with Gasteiger partial charge in [0.2, 0.25) is 0 Å². The topological polar surface area (TPSA) is 118 Å². The summed E-state index contributed by atoms with van der Waals surface area (Å²) >= 11 is 6.23. The van der Waals surface area contributed by atoms with Crippen molar-refractivity contribution in [3.63, 3.8) is 0 Å². The smallest absolute Gasteiger partial charge is 0.169 e. The first-order valence-electron chi connectivity index (χ1n) is 7.64. The van der Waals surface area contributed by atoms with Crippen molar-refractivity contribution >= 4 is 40.0 Å². The summed E-state index contributed by atoms with van der Waals surface area (Å²) in [6.07, 6.45) is 3.88. The number of rotatable bonds is 3. The van der Waals surface area contributed by atoms with Crippen LogP contribution < -0.4 is 11.1 Å². The van der Waals surface area contributed by atoms with Gasteiger partial charge in [-0.3, -0.25) is 0 Å². The molecule has 3 N–H and O–H groups in total. The summed E-state index contributed by atoms with van der Waals surface area (Å²) in [5.41, 5.74) is 6.38. The van der Waals surface area contributed by atoms with Gasteiger partial charge in [0.1, 0.15) is 41.1 Å². The number of nitriles is 1. The molecular formula is C17H10ClFN8. The minimum absolute atomic E-state index is 0.0679. The lowest BCUT2D eigenvalue weighted by atomic mass is 10.2. The lowest BCUT2D eigenvalue weighted by Gasteiger charge is -2.06. The fourth-order valence-electron chi connectivity index (χ4n) is 2.59. The SMILES string of the molecule is N#Cc1cccc(Cl)c1-n1cc2c(Nc3cc(N)ncn3)ncc(F)c2n1. The maximum absolute atomic E-state index is 14.3. The fraction of sp³-hybridized carbons (Fsp3) is 0. The van der Waals surface area contributed by atoms with Crippen molar-refractivity contribution in [1.29, 1.82) is 5.26 Å². The second-order valence-corrected chi connectivity index (χ2v) is 5.90. The predicted molar refractivity (Wildman–Crippen MR) is 98.3 cm³/mol. The van der Waals surface area contributed by atoms with E-state index >= 15 is 0 Å². The van der Waals surface area contributed by atoms with Crippen LogP contribution in [-0.2, 0) is 0 Å². The molecule has 3 heterocycles. The van der Waals surface area contributed by atoms with Gasteiger partial charge in [0.25, 0.3) is 0 Å². The molecule has 1 aromatic carbocycles. The van der Waals surface area contributed by atoms with Gasteiger partial charge in [-0.2, -0.15) is 10.4 Å². The van der Waals surface area contributed by atoms with Crippen molar-refractivity contribution in [2.45, 2.75) is 0 Å². The third-order valence-corrected chi connectivity index (χ3v) is 4.08. The van der Waals surface area contributed by atoms with Crippen LogP contribution in [0.3, 0.4) is 0 Å². The van der Waals surface area contributed by atoms with E-state index in [2.05, 4.69) is 31.4 Å². The fourth-order valence-corrected chi connectivity index (χ4v) is 2.85. The number of nitrogens with zero attached hydrogens (tertiary/aromatic N) is 6. The summed E-state index contributed by atoms with van der Waals surface area (Å²) < 4.78 is 15.6. The molecule has 3 aromatic heterocycles. The second kappa shape index (κ2) is 6.51. The number of hydrogen-bond donors (Lipinski definition) is 2. The molecule has 0 bridgehead atoms. The summed E-state index contributed by atoms with van der Waals surface area (Å²) in [4.78, 5) is 11.9. The van der Waals surface area contributed by atoms with E-state index in [0.717, 1.165) is 6.20 Å². The molecule has 4 rings (SSSR count). The average molecular weight is 381 g/mol. The lowest BCUT2D eigenvalue weighted by molar-refractivity contribution is 0.629. The largest absolute Gasteiger partial charge is 0.384 e. The highest BCUT2D eigenvalue weighted by Crippen LogP contribution is 2.29. The molecule has 0 fully saturated rings. The van der Waals surface area contributed by atoms with Crippen molar-refractivity contribution in [3.05, 3.63) is 59.4 Å². The number of hydrogen-bond acceptors (Lipinski definition) is 7. The zero-order valence-corrected chi connectivity index (χ0v) is 14.3. The van der Waals surface area contributed by atoms with Crippen molar-refractivity contribution in [1.82, 2.24) is 24.7 Å². The Morgan fingerprint density at radius 2 is 2.11 bits per heavy atom. The van der Waals surface area contributed by atoms with E-state index < -0.39 is 5.82 Å². The number of nitrogen functional groups attached to an aromatic ring is 1. The first-order chi connectivity index (χ1) is 13.1. The summed E-state index contributed by atoms with van der Waals surface area (Å²) in [5, 5.41) is 17.2. The Kier molecular flexibility index (Phi) is 4.02. The predicted octanol–water partition coefficient (Wildman–Crippen LogP) is 3.20. The Labute approximate surface area is 157 Å². The number of pyridine rings is 1. The van der Waals surface area contributed by atoms with E-state index in [1.165, 1.54) is 17.1 Å². The Morgan fingerprint density at radius 1 is 1.26 bits per heavy atom. The number of fused-ring (bicyclic) bond motifs is 1. The van der Waals surface area contributed by atoms with Gasteiger partial charge >= 0.3 is 0 Å². The van der Waals surface area contributed by atoms with Crippen LogP contribution >= 0.6 is 11.6 Å². The highest BCUT2D eigenvalue weighted by molar-refractivity contribution is 6.32. The second-order valence-electron chi connectivity index (χ2n) is 5.49. The van der Waals surface area contributed by atoms with Crippen LogP contribution in [0, 0.1) is 17.1 Å². The number of para-hydroxylation sites is 1. The molecule has 0 atom stereocenters. The number of benzene rings is 1. The van der Waals surface area contributed by atoms with Gasteiger partial charge in [-0.05, 0) is 12.1 Å². The van der Waals surface area contributed by atoms with Gasteiger partial charge in [0.05, 0.1) is 22.2 Å². The third kappa shape index (κ3) is 2.98. The molecule has 0 aliphatic heterocycles. The molecule has 0 unspecified atom stereocenters. The van der Waals surface area contributed by atoms with Crippen LogP contribution in [-0.4, -0.2) is 24.7 Å². The van der Waals surface area contributed by atoms with Crippen LogP contribution in [0.2, 0.25) is 5.02 Å². The summed E-state index contributed by atoms with van der Waals surface area (Å²) in [7, 11) is 0. The summed E-state index contributed by atoms with van der Waals surface area (Å²) in [6, 6.07) is 8.45. The molecule has 27 heavy (non-hydrogen) atoms. The van der Waals surface area contributed by atoms with Crippen LogP contribution in [0.15, 0.2) is 43.0 Å². The number of aromatic nitrogens is 5. The standard InChI is InChI=1S/C17H10ClFN8/c18-11-3-1-2-9(5-20)16(11)27-7-10-15(26-27)12(19)6-22-17(10)25-14-4-13(21)23-8-24-14/h1-4,6-8H,(H3,21,22,23,24,25). The number of nitrogens with one attached hydrogen (secondary N) is 1. The molecule has 0 saturated carbocycles. The molecule has 0 saturated heterocycles. The maximum atomic E-state index is 14.3. The molecule has 0 aliphatic carbocycles. The van der Waals surface area contributed by atoms with E-state index in [-0.39, 0.29) is 11.3 Å². The zero-order valence-electron chi connectivity index (χ0n) is 13.6. The van der Waals surface area contributed by atoms with Crippen molar-refractivity contribution < 1.29 is 4.39 Å². The highest BCUT2D eigenvalue weighted by Gasteiger charge is 2.17.